The number of nitrogens with one attached hydrogen (secondary N) is 1. The number of likely N-dealkylation sites (N-methyl/N-ethyl adjacent to an activating group) is 1. The zero-order valence-electron chi connectivity index (χ0n) is 16.2. The van der Waals surface area contributed by atoms with Gasteiger partial charge in [-0.25, -0.2) is 14.2 Å². The fraction of sp³-hybridized carbons (Fsp3) is 0.286. The Bertz CT molecular complexity index is 950. The van der Waals surface area contributed by atoms with E-state index in [2.05, 4.69) is 10.4 Å². The van der Waals surface area contributed by atoms with Gasteiger partial charge >= 0.3 is 6.03 Å². The third kappa shape index (κ3) is 4.56. The summed E-state index contributed by atoms with van der Waals surface area (Å²) in [6, 6.07) is 12.5. The average Bonchev–Trinajstić information content (AvgIpc) is 3.14. The average molecular weight is 417 g/mol. The van der Waals surface area contributed by atoms with Crippen LogP contribution in [0.3, 0.4) is 0 Å². The Morgan fingerprint density at radius 2 is 1.93 bits per heavy atom. The van der Waals surface area contributed by atoms with Gasteiger partial charge in [-0.15, -0.1) is 0 Å². The molecule has 1 atom stereocenters. The van der Waals surface area contributed by atoms with Gasteiger partial charge in [0.05, 0.1) is 11.8 Å². The maximum absolute atomic E-state index is 14.5. The number of carbonyl (C=O) groups is 2. The summed E-state index contributed by atoms with van der Waals surface area (Å²) in [6.07, 6.45) is 0.321. The Balaban J connectivity index is 1.92. The van der Waals surface area contributed by atoms with E-state index in [9.17, 15) is 14.0 Å². The molecule has 1 aliphatic rings. The number of rotatable bonds is 5. The molecular weight excluding hydrogens is 395 g/mol. The number of halogens is 2. The summed E-state index contributed by atoms with van der Waals surface area (Å²) >= 11 is 6.30. The highest BCUT2D eigenvalue weighted by Gasteiger charge is 2.35. The van der Waals surface area contributed by atoms with Crippen LogP contribution in [0.1, 0.15) is 30.5 Å². The normalized spacial score (nSPS) is 15.8. The monoisotopic (exact) mass is 416 g/mol. The highest BCUT2D eigenvalue weighted by molar-refractivity contribution is 6.34. The Labute approximate surface area is 173 Å². The Hall–Kier alpha value is -2.93. The lowest BCUT2D eigenvalue weighted by Crippen LogP contribution is -2.43. The smallest absolute Gasteiger partial charge is 0.317 e. The van der Waals surface area contributed by atoms with Crippen molar-refractivity contribution in [3.63, 3.8) is 0 Å². The predicted molar refractivity (Wildman–Crippen MR) is 110 cm³/mol. The van der Waals surface area contributed by atoms with Gasteiger partial charge in [0.2, 0.25) is 0 Å². The Morgan fingerprint density at radius 3 is 2.62 bits per heavy atom. The molecule has 6 nitrogen and oxygen atoms in total. The molecule has 0 saturated carbocycles. The summed E-state index contributed by atoms with van der Waals surface area (Å²) in [5.74, 6) is -0.822. The van der Waals surface area contributed by atoms with E-state index in [0.29, 0.717) is 34.8 Å². The zero-order chi connectivity index (χ0) is 21.0. The summed E-state index contributed by atoms with van der Waals surface area (Å²) in [4.78, 5) is 26.2. The molecule has 2 aromatic rings. The summed E-state index contributed by atoms with van der Waals surface area (Å²) in [6.45, 7) is 2.06. The number of hydrazone groups is 1. The van der Waals surface area contributed by atoms with E-state index in [0.717, 1.165) is 0 Å². The highest BCUT2D eigenvalue weighted by Crippen LogP contribution is 2.35. The van der Waals surface area contributed by atoms with E-state index in [1.54, 1.807) is 37.3 Å². The topological polar surface area (TPSA) is 65.0 Å². The molecular formula is C21H22ClFN4O2. The first-order chi connectivity index (χ1) is 13.9. The molecule has 0 fully saturated rings. The first kappa shape index (κ1) is 20.8. The molecule has 2 aromatic carbocycles. The SMILES string of the molecule is CCNC(=O)N(C)CC(=O)N1N=C(c2ccccc2Cl)C[C@@H]1c1ccccc1F. The van der Waals surface area contributed by atoms with Gasteiger partial charge < -0.3 is 10.2 Å². The first-order valence-corrected chi connectivity index (χ1v) is 9.68. The molecule has 0 radical (unpaired) electrons. The number of urea groups is 1. The van der Waals surface area contributed by atoms with Crippen molar-refractivity contribution >= 4 is 29.3 Å². The molecule has 1 heterocycles. The van der Waals surface area contributed by atoms with Gasteiger partial charge in [-0.1, -0.05) is 48.0 Å². The van der Waals surface area contributed by atoms with Crippen molar-refractivity contribution in [1.82, 2.24) is 15.2 Å². The Morgan fingerprint density at radius 1 is 1.24 bits per heavy atom. The van der Waals surface area contributed by atoms with Crippen LogP contribution in [-0.2, 0) is 4.79 Å². The Kier molecular flexibility index (Phi) is 6.49. The summed E-state index contributed by atoms with van der Waals surface area (Å²) in [5.41, 5.74) is 1.66. The summed E-state index contributed by atoms with van der Waals surface area (Å²) in [5, 5.41) is 8.87. The van der Waals surface area contributed by atoms with Gasteiger partial charge in [0, 0.05) is 36.2 Å². The van der Waals surface area contributed by atoms with Crippen LogP contribution in [0.5, 0.6) is 0 Å². The number of carbonyl (C=O) groups excluding carboxylic acids is 2. The van der Waals surface area contributed by atoms with E-state index < -0.39 is 17.8 Å². The second-order valence-corrected chi connectivity index (χ2v) is 7.11. The molecule has 1 aliphatic heterocycles. The van der Waals surface area contributed by atoms with Crippen LogP contribution in [-0.4, -0.2) is 47.7 Å². The minimum absolute atomic E-state index is 0.184. The molecule has 152 valence electrons. The van der Waals surface area contributed by atoms with Gasteiger partial charge in [-0.2, -0.15) is 5.10 Å². The van der Waals surface area contributed by atoms with Gasteiger partial charge in [-0.3, -0.25) is 4.79 Å². The quantitative estimate of drug-likeness (QED) is 0.805. The third-order valence-electron chi connectivity index (χ3n) is 4.66. The van der Waals surface area contributed by atoms with E-state index in [1.165, 1.54) is 23.0 Å². The highest BCUT2D eigenvalue weighted by atomic mass is 35.5. The van der Waals surface area contributed by atoms with Gasteiger partial charge in [0.25, 0.3) is 5.91 Å². The number of nitrogens with zero attached hydrogens (tertiary/aromatic N) is 3. The van der Waals surface area contributed by atoms with E-state index in [-0.39, 0.29) is 12.6 Å². The van der Waals surface area contributed by atoms with Crippen molar-refractivity contribution in [2.75, 3.05) is 20.1 Å². The van der Waals surface area contributed by atoms with Crippen LogP contribution in [0.2, 0.25) is 5.02 Å². The van der Waals surface area contributed by atoms with E-state index in [4.69, 9.17) is 11.6 Å². The minimum atomic E-state index is -0.613. The summed E-state index contributed by atoms with van der Waals surface area (Å²) in [7, 11) is 1.52. The molecule has 0 bridgehead atoms. The molecule has 0 spiro atoms. The molecule has 3 amide bonds. The molecule has 0 aliphatic carbocycles. The minimum Gasteiger partial charge on any atom is -0.338 e. The third-order valence-corrected chi connectivity index (χ3v) is 4.99. The van der Waals surface area contributed by atoms with Crippen LogP contribution in [0.4, 0.5) is 9.18 Å². The molecule has 29 heavy (non-hydrogen) atoms. The van der Waals surface area contributed by atoms with Crippen molar-refractivity contribution in [3.05, 3.63) is 70.5 Å². The van der Waals surface area contributed by atoms with Crippen molar-refractivity contribution in [2.45, 2.75) is 19.4 Å². The lowest BCUT2D eigenvalue weighted by molar-refractivity contribution is -0.133. The van der Waals surface area contributed by atoms with Crippen LogP contribution in [0.15, 0.2) is 53.6 Å². The lowest BCUT2D eigenvalue weighted by Gasteiger charge is -2.25. The van der Waals surface area contributed by atoms with Gasteiger partial charge in [0.15, 0.2) is 0 Å². The van der Waals surface area contributed by atoms with Crippen molar-refractivity contribution in [2.24, 2.45) is 5.10 Å². The number of hydrogen-bond donors (Lipinski definition) is 1. The molecule has 1 N–H and O–H groups in total. The van der Waals surface area contributed by atoms with Crippen molar-refractivity contribution in [1.29, 1.82) is 0 Å². The number of amides is 3. The van der Waals surface area contributed by atoms with Crippen LogP contribution >= 0.6 is 11.6 Å². The van der Waals surface area contributed by atoms with Gasteiger partial charge in [0.1, 0.15) is 12.4 Å². The number of hydrogen-bond acceptors (Lipinski definition) is 3. The van der Waals surface area contributed by atoms with Crippen molar-refractivity contribution < 1.29 is 14.0 Å². The second-order valence-electron chi connectivity index (χ2n) is 6.70. The van der Waals surface area contributed by atoms with Crippen LogP contribution < -0.4 is 5.32 Å². The number of benzene rings is 2. The lowest BCUT2D eigenvalue weighted by atomic mass is 9.98. The molecule has 8 heteroatoms. The standard InChI is InChI=1S/C21H22ClFN4O2/c1-3-24-21(29)26(2)13-20(28)27-19(15-9-5-7-11-17(15)23)12-18(25-27)14-8-4-6-10-16(14)22/h4-11,19H,3,12-13H2,1-2H3,(H,24,29)/t19-/m1/s1. The largest absolute Gasteiger partial charge is 0.338 e. The molecule has 0 aromatic heterocycles. The summed E-state index contributed by atoms with van der Waals surface area (Å²) < 4.78 is 14.5. The first-order valence-electron chi connectivity index (χ1n) is 9.30. The van der Waals surface area contributed by atoms with E-state index >= 15 is 0 Å². The molecule has 0 saturated heterocycles. The maximum atomic E-state index is 14.5. The second kappa shape index (κ2) is 9.05. The van der Waals surface area contributed by atoms with Gasteiger partial charge in [-0.05, 0) is 19.1 Å². The fourth-order valence-corrected chi connectivity index (χ4v) is 3.46. The fourth-order valence-electron chi connectivity index (χ4n) is 3.22. The molecule has 3 rings (SSSR count). The van der Waals surface area contributed by atoms with Crippen LogP contribution in [0.25, 0.3) is 0 Å². The zero-order valence-corrected chi connectivity index (χ0v) is 17.0. The van der Waals surface area contributed by atoms with Crippen molar-refractivity contribution in [3.8, 4) is 0 Å². The maximum Gasteiger partial charge on any atom is 0.317 e. The molecule has 0 unspecified atom stereocenters. The van der Waals surface area contributed by atoms with Crippen LogP contribution in [0, 0.1) is 5.82 Å². The van der Waals surface area contributed by atoms with E-state index in [1.807, 2.05) is 12.1 Å². The predicted octanol–water partition coefficient (Wildman–Crippen LogP) is 3.82.